The summed E-state index contributed by atoms with van der Waals surface area (Å²) >= 11 is 6.88. The highest BCUT2D eigenvalue weighted by atomic mass is 35.5. The van der Waals surface area contributed by atoms with Crippen LogP contribution < -0.4 is 5.32 Å². The molecular weight excluding hydrogens is 276 g/mol. The van der Waals surface area contributed by atoms with Crippen LogP contribution in [-0.4, -0.2) is 27.5 Å². The minimum atomic E-state index is -1.15. The van der Waals surface area contributed by atoms with Crippen molar-refractivity contribution in [2.75, 3.05) is 0 Å². The van der Waals surface area contributed by atoms with Gasteiger partial charge in [-0.1, -0.05) is 30.9 Å². The van der Waals surface area contributed by atoms with Gasteiger partial charge < -0.3 is 10.4 Å². The van der Waals surface area contributed by atoms with Gasteiger partial charge in [-0.15, -0.1) is 11.3 Å². The third-order valence-corrected chi connectivity index (χ3v) is 4.42. The van der Waals surface area contributed by atoms with Gasteiger partial charge in [0, 0.05) is 0 Å². The average molecular weight is 289 g/mol. The first-order valence-electron chi connectivity index (χ1n) is 5.70. The second kappa shape index (κ2) is 5.24. The fraction of sp³-hybridized carbons (Fsp3) is 0.545. The second-order valence-corrected chi connectivity index (χ2v) is 5.59. The second-order valence-electron chi connectivity index (χ2n) is 4.37. The number of hydrogen-bond acceptors (Lipinski definition) is 4. The number of hydrogen-bond donors (Lipinski definition) is 2. The van der Waals surface area contributed by atoms with Crippen molar-refractivity contribution in [2.24, 2.45) is 0 Å². The molecule has 1 aromatic heterocycles. The van der Waals surface area contributed by atoms with Crippen LogP contribution in [0.1, 0.15) is 41.8 Å². The molecule has 1 heterocycles. The molecule has 1 saturated carbocycles. The van der Waals surface area contributed by atoms with E-state index in [0.29, 0.717) is 12.8 Å². The van der Waals surface area contributed by atoms with Crippen LogP contribution >= 0.6 is 22.9 Å². The molecule has 5 nitrogen and oxygen atoms in total. The number of nitrogens with one attached hydrogen (secondary N) is 1. The van der Waals surface area contributed by atoms with Crippen molar-refractivity contribution in [3.63, 3.8) is 0 Å². The van der Waals surface area contributed by atoms with E-state index in [2.05, 4.69) is 10.3 Å². The first-order valence-corrected chi connectivity index (χ1v) is 6.96. The van der Waals surface area contributed by atoms with Crippen LogP contribution in [0.25, 0.3) is 0 Å². The van der Waals surface area contributed by atoms with Crippen LogP contribution in [0, 0.1) is 0 Å². The summed E-state index contributed by atoms with van der Waals surface area (Å²) in [5.41, 5.74) is 0.314. The molecule has 98 valence electrons. The van der Waals surface area contributed by atoms with E-state index in [1.165, 1.54) is 5.51 Å². The van der Waals surface area contributed by atoms with Crippen molar-refractivity contribution in [1.82, 2.24) is 10.3 Å². The lowest BCUT2D eigenvalue weighted by Crippen LogP contribution is -2.55. The molecule has 0 spiro atoms. The summed E-state index contributed by atoms with van der Waals surface area (Å²) in [6, 6.07) is 0. The average Bonchev–Trinajstić information content (AvgIpc) is 2.76. The largest absolute Gasteiger partial charge is 0.480 e. The standard InChI is InChI=1S/C11H13ClN2O3S/c12-8-7(18-6-13-8)9(15)14-11(10(16)17)4-2-1-3-5-11/h6H,1-5H2,(H,14,15)(H,16,17). The lowest BCUT2D eigenvalue weighted by atomic mass is 9.81. The van der Waals surface area contributed by atoms with Gasteiger partial charge in [0.15, 0.2) is 5.15 Å². The summed E-state index contributed by atoms with van der Waals surface area (Å²) in [6.45, 7) is 0. The highest BCUT2D eigenvalue weighted by Crippen LogP contribution is 2.29. The SMILES string of the molecule is O=C(NC1(C(=O)O)CCCCC1)c1scnc1Cl. The van der Waals surface area contributed by atoms with Gasteiger partial charge in [0.1, 0.15) is 10.4 Å². The Labute approximate surface area is 113 Å². The van der Waals surface area contributed by atoms with Gasteiger partial charge in [0.05, 0.1) is 5.51 Å². The van der Waals surface area contributed by atoms with Crippen LogP contribution in [0.15, 0.2) is 5.51 Å². The van der Waals surface area contributed by atoms with Crippen LogP contribution in [0.2, 0.25) is 5.15 Å². The van der Waals surface area contributed by atoms with Gasteiger partial charge >= 0.3 is 5.97 Å². The number of thiazole rings is 1. The van der Waals surface area contributed by atoms with Crippen molar-refractivity contribution in [1.29, 1.82) is 0 Å². The molecule has 0 radical (unpaired) electrons. The zero-order chi connectivity index (χ0) is 13.2. The van der Waals surface area contributed by atoms with Crippen molar-refractivity contribution in [3.05, 3.63) is 15.5 Å². The van der Waals surface area contributed by atoms with E-state index in [-0.39, 0.29) is 10.0 Å². The van der Waals surface area contributed by atoms with E-state index in [1.54, 1.807) is 0 Å². The molecular formula is C11H13ClN2O3S. The number of rotatable bonds is 3. The predicted octanol–water partition coefficient (Wildman–Crippen LogP) is 2.31. The predicted molar refractivity (Wildman–Crippen MR) is 68.0 cm³/mol. The molecule has 0 unspecified atom stereocenters. The third-order valence-electron chi connectivity index (χ3n) is 3.20. The lowest BCUT2D eigenvalue weighted by Gasteiger charge is -2.33. The van der Waals surface area contributed by atoms with Crippen molar-refractivity contribution in [2.45, 2.75) is 37.6 Å². The van der Waals surface area contributed by atoms with Crippen LogP contribution in [0.3, 0.4) is 0 Å². The number of halogens is 1. The first kappa shape index (κ1) is 13.3. The molecule has 1 aliphatic rings. The van der Waals surface area contributed by atoms with E-state index in [9.17, 15) is 14.7 Å². The molecule has 0 atom stereocenters. The number of carboxylic acid groups (broad SMARTS) is 1. The van der Waals surface area contributed by atoms with Crippen molar-refractivity contribution in [3.8, 4) is 0 Å². The van der Waals surface area contributed by atoms with E-state index in [0.717, 1.165) is 30.6 Å². The Bertz CT molecular complexity index is 469. The number of carboxylic acids is 1. The van der Waals surface area contributed by atoms with Crippen molar-refractivity contribution < 1.29 is 14.7 Å². The molecule has 2 rings (SSSR count). The normalized spacial score (nSPS) is 18.3. The summed E-state index contributed by atoms with van der Waals surface area (Å²) in [6.07, 6.45) is 3.55. The van der Waals surface area contributed by atoms with E-state index in [1.807, 2.05) is 0 Å². The molecule has 0 bridgehead atoms. The highest BCUT2D eigenvalue weighted by Gasteiger charge is 2.41. The minimum absolute atomic E-state index is 0.119. The summed E-state index contributed by atoms with van der Waals surface area (Å²) in [5, 5.41) is 12.1. The van der Waals surface area contributed by atoms with Gasteiger partial charge in [-0.2, -0.15) is 0 Å². The fourth-order valence-electron chi connectivity index (χ4n) is 2.20. The minimum Gasteiger partial charge on any atom is -0.480 e. The maximum atomic E-state index is 12.0. The zero-order valence-electron chi connectivity index (χ0n) is 9.61. The number of aromatic nitrogens is 1. The summed E-state index contributed by atoms with van der Waals surface area (Å²) in [4.78, 5) is 27.5. The maximum Gasteiger partial charge on any atom is 0.329 e. The summed E-state index contributed by atoms with van der Waals surface area (Å²) in [5.74, 6) is -1.43. The van der Waals surface area contributed by atoms with E-state index in [4.69, 9.17) is 11.6 Å². The number of amides is 1. The Kier molecular flexibility index (Phi) is 3.87. The smallest absolute Gasteiger partial charge is 0.329 e. The molecule has 1 aliphatic carbocycles. The summed E-state index contributed by atoms with van der Waals surface area (Å²) in [7, 11) is 0. The van der Waals surface area contributed by atoms with E-state index >= 15 is 0 Å². The van der Waals surface area contributed by atoms with Crippen molar-refractivity contribution >= 4 is 34.8 Å². The molecule has 1 fully saturated rings. The summed E-state index contributed by atoms with van der Waals surface area (Å²) < 4.78 is 0. The molecule has 0 aromatic carbocycles. The van der Waals surface area contributed by atoms with Gasteiger partial charge in [-0.3, -0.25) is 4.79 Å². The monoisotopic (exact) mass is 288 g/mol. The van der Waals surface area contributed by atoms with Gasteiger partial charge in [-0.05, 0) is 12.8 Å². The number of carbonyl (C=O) groups excluding carboxylic acids is 1. The Morgan fingerprint density at radius 2 is 2.06 bits per heavy atom. The van der Waals surface area contributed by atoms with Gasteiger partial charge in [0.2, 0.25) is 0 Å². The zero-order valence-corrected chi connectivity index (χ0v) is 11.2. The van der Waals surface area contributed by atoms with Gasteiger partial charge in [0.25, 0.3) is 5.91 Å². The van der Waals surface area contributed by atoms with Crippen LogP contribution in [0.4, 0.5) is 0 Å². The lowest BCUT2D eigenvalue weighted by molar-refractivity contribution is -0.145. The Morgan fingerprint density at radius 1 is 1.39 bits per heavy atom. The van der Waals surface area contributed by atoms with Crippen LogP contribution in [0.5, 0.6) is 0 Å². The number of aliphatic carboxylic acids is 1. The molecule has 0 saturated heterocycles. The quantitative estimate of drug-likeness (QED) is 0.894. The molecule has 1 aromatic rings. The number of nitrogens with zero attached hydrogens (tertiary/aromatic N) is 1. The first-order chi connectivity index (χ1) is 8.55. The third kappa shape index (κ3) is 2.49. The molecule has 1 amide bonds. The Hall–Kier alpha value is -1.14. The molecule has 2 N–H and O–H groups in total. The van der Waals surface area contributed by atoms with Gasteiger partial charge in [-0.25, -0.2) is 9.78 Å². The Morgan fingerprint density at radius 3 is 2.56 bits per heavy atom. The molecule has 18 heavy (non-hydrogen) atoms. The molecule has 7 heteroatoms. The fourth-order valence-corrected chi connectivity index (χ4v) is 3.10. The highest BCUT2D eigenvalue weighted by molar-refractivity contribution is 7.12. The maximum absolute atomic E-state index is 12.0. The number of carbonyl (C=O) groups is 2. The van der Waals surface area contributed by atoms with Crippen LogP contribution in [-0.2, 0) is 4.79 Å². The molecule has 0 aliphatic heterocycles. The topological polar surface area (TPSA) is 79.3 Å². The Balaban J connectivity index is 2.17. The van der Waals surface area contributed by atoms with E-state index < -0.39 is 17.4 Å².